The number of amidine groups is 1. The normalized spacial score (nSPS) is 17.0. The Bertz CT molecular complexity index is 960. The number of rotatable bonds is 8. The van der Waals surface area contributed by atoms with E-state index in [9.17, 15) is 13.2 Å². The average Bonchev–Trinajstić information content (AvgIpc) is 2.96. The summed E-state index contributed by atoms with van der Waals surface area (Å²) in [6.07, 6.45) is 3.23. The molecule has 2 aromatic rings. The van der Waals surface area contributed by atoms with Crippen molar-refractivity contribution in [3.8, 4) is 0 Å². The number of aliphatic imine (C=N–C) groups is 1. The molecule has 3 rings (SSSR count). The van der Waals surface area contributed by atoms with Gasteiger partial charge in [0.25, 0.3) is 10.0 Å². The van der Waals surface area contributed by atoms with Crippen LogP contribution in [0.5, 0.6) is 0 Å². The van der Waals surface area contributed by atoms with Crippen molar-refractivity contribution in [2.45, 2.75) is 23.8 Å². The lowest BCUT2D eigenvalue weighted by Crippen LogP contribution is -2.37. The zero-order chi connectivity index (χ0) is 20.0. The Kier molecular flexibility index (Phi) is 6.74. The highest BCUT2D eigenvalue weighted by Gasteiger charge is 2.31. The van der Waals surface area contributed by atoms with Crippen LogP contribution in [0.3, 0.4) is 0 Å². The highest BCUT2D eigenvalue weighted by atomic mass is 32.2. The summed E-state index contributed by atoms with van der Waals surface area (Å²) in [7, 11) is -3.62. The Morgan fingerprint density at radius 1 is 1.14 bits per heavy atom. The van der Waals surface area contributed by atoms with E-state index in [0.29, 0.717) is 18.5 Å². The predicted octanol–water partition coefficient (Wildman–Crippen LogP) is 2.21. The van der Waals surface area contributed by atoms with E-state index in [1.54, 1.807) is 30.0 Å². The molecular weight excluding hydrogens is 394 g/mol. The fraction of sp³-hybridized carbons (Fsp3) is 0.300. The van der Waals surface area contributed by atoms with Gasteiger partial charge >= 0.3 is 0 Å². The van der Waals surface area contributed by atoms with E-state index in [4.69, 9.17) is 0 Å². The van der Waals surface area contributed by atoms with Gasteiger partial charge in [-0.05, 0) is 42.5 Å². The molecule has 0 saturated carbocycles. The van der Waals surface area contributed by atoms with Crippen LogP contribution in [0.2, 0.25) is 0 Å². The summed E-state index contributed by atoms with van der Waals surface area (Å²) in [6, 6.07) is 15.9. The lowest BCUT2D eigenvalue weighted by Gasteiger charge is -2.14. The number of hydrogen-bond donors (Lipinski definition) is 2. The number of hydrogen-bond acceptors (Lipinski definition) is 5. The first kappa shape index (κ1) is 20.4. The largest absolute Gasteiger partial charge is 0.354 e. The minimum Gasteiger partial charge on any atom is -0.354 e. The van der Waals surface area contributed by atoms with Gasteiger partial charge in [0.2, 0.25) is 5.91 Å². The van der Waals surface area contributed by atoms with Crippen LogP contribution in [0.25, 0.3) is 0 Å². The molecule has 1 aliphatic rings. The molecule has 0 aromatic heterocycles. The molecule has 1 atom stereocenters. The van der Waals surface area contributed by atoms with E-state index in [-0.39, 0.29) is 16.6 Å². The summed E-state index contributed by atoms with van der Waals surface area (Å²) in [5.41, 5.74) is 1.65. The Labute approximate surface area is 169 Å². The van der Waals surface area contributed by atoms with Gasteiger partial charge in [-0.1, -0.05) is 42.5 Å². The highest BCUT2D eigenvalue weighted by molar-refractivity contribution is 7.98. The van der Waals surface area contributed by atoms with E-state index in [2.05, 4.69) is 15.0 Å². The van der Waals surface area contributed by atoms with Gasteiger partial charge < -0.3 is 5.32 Å². The van der Waals surface area contributed by atoms with Gasteiger partial charge in [0.15, 0.2) is 0 Å². The maximum atomic E-state index is 12.7. The molecular formula is C20H23N3O3S2. The molecule has 2 aromatic carbocycles. The zero-order valence-corrected chi connectivity index (χ0v) is 17.2. The molecule has 148 valence electrons. The summed E-state index contributed by atoms with van der Waals surface area (Å²) >= 11 is 1.62. The van der Waals surface area contributed by atoms with E-state index in [0.717, 1.165) is 17.7 Å². The maximum absolute atomic E-state index is 12.7. The van der Waals surface area contributed by atoms with Crippen molar-refractivity contribution in [2.24, 2.45) is 4.99 Å². The summed E-state index contributed by atoms with van der Waals surface area (Å²) < 4.78 is 27.0. The van der Waals surface area contributed by atoms with Gasteiger partial charge in [-0.25, -0.2) is 8.42 Å². The van der Waals surface area contributed by atoms with E-state index >= 15 is 0 Å². The monoisotopic (exact) mass is 417 g/mol. The molecule has 28 heavy (non-hydrogen) atoms. The van der Waals surface area contributed by atoms with Crippen LogP contribution >= 0.6 is 11.8 Å². The fourth-order valence-electron chi connectivity index (χ4n) is 2.96. The first-order valence-corrected chi connectivity index (χ1v) is 11.9. The number of sulfonamides is 1. The molecule has 0 radical (unpaired) electrons. The van der Waals surface area contributed by atoms with E-state index in [1.807, 2.05) is 36.6 Å². The maximum Gasteiger partial charge on any atom is 0.263 e. The van der Waals surface area contributed by atoms with Crippen molar-refractivity contribution in [3.05, 3.63) is 65.7 Å². The Morgan fingerprint density at radius 2 is 1.86 bits per heavy atom. The van der Waals surface area contributed by atoms with Gasteiger partial charge in [0, 0.05) is 12.1 Å². The van der Waals surface area contributed by atoms with Crippen molar-refractivity contribution in [1.29, 1.82) is 0 Å². The molecule has 1 aliphatic heterocycles. The smallest absolute Gasteiger partial charge is 0.263 e. The molecule has 1 amide bonds. The standard InChI is InChI=1S/C20H23N3O3S2/c1-27-14-12-17(20(24)21-13-11-15-7-3-2-4-8-15)22-19-16-9-5-6-10-18(16)28(25,26)23-19/h2-10,17H,11-14H2,1H3,(H,21,24)(H,22,23)/t17-/m0/s1. The first-order valence-electron chi connectivity index (χ1n) is 9.02. The van der Waals surface area contributed by atoms with Crippen LogP contribution in [-0.4, -0.2) is 44.8 Å². The second-order valence-corrected chi connectivity index (χ2v) is 9.04. The third kappa shape index (κ3) is 4.94. The quantitative estimate of drug-likeness (QED) is 0.689. The number of carbonyl (C=O) groups excluding carboxylic acids is 1. The van der Waals surface area contributed by atoms with Crippen LogP contribution < -0.4 is 10.0 Å². The minimum atomic E-state index is -3.62. The average molecular weight is 418 g/mol. The Morgan fingerprint density at radius 3 is 2.61 bits per heavy atom. The molecule has 6 nitrogen and oxygen atoms in total. The summed E-state index contributed by atoms with van der Waals surface area (Å²) in [5, 5.41) is 2.93. The SMILES string of the molecule is CSCC[C@H](N=C1NS(=O)(=O)c2ccccc21)C(=O)NCCc1ccccc1. The lowest BCUT2D eigenvalue weighted by atomic mass is 10.1. The van der Waals surface area contributed by atoms with Gasteiger partial charge in [0.1, 0.15) is 11.9 Å². The van der Waals surface area contributed by atoms with Gasteiger partial charge in [0.05, 0.1) is 4.90 Å². The van der Waals surface area contributed by atoms with Crippen molar-refractivity contribution in [1.82, 2.24) is 10.0 Å². The fourth-order valence-corrected chi connectivity index (χ4v) is 4.66. The Hall–Kier alpha value is -2.32. The molecule has 8 heteroatoms. The highest BCUT2D eigenvalue weighted by Crippen LogP contribution is 2.23. The van der Waals surface area contributed by atoms with Crippen molar-refractivity contribution < 1.29 is 13.2 Å². The molecule has 0 spiro atoms. The summed E-state index contributed by atoms with van der Waals surface area (Å²) in [4.78, 5) is 17.4. The number of fused-ring (bicyclic) bond motifs is 1. The molecule has 0 bridgehead atoms. The van der Waals surface area contributed by atoms with Gasteiger partial charge in [-0.3, -0.25) is 14.5 Å². The lowest BCUT2D eigenvalue weighted by molar-refractivity contribution is -0.122. The Balaban J connectivity index is 1.73. The molecule has 0 fully saturated rings. The number of nitrogens with one attached hydrogen (secondary N) is 2. The number of carbonyl (C=O) groups is 1. The molecule has 0 unspecified atom stereocenters. The van der Waals surface area contributed by atoms with E-state index < -0.39 is 16.1 Å². The molecule has 0 aliphatic carbocycles. The van der Waals surface area contributed by atoms with Crippen LogP contribution in [0.1, 0.15) is 17.5 Å². The predicted molar refractivity (Wildman–Crippen MR) is 113 cm³/mol. The third-order valence-electron chi connectivity index (χ3n) is 4.40. The van der Waals surface area contributed by atoms with Crippen molar-refractivity contribution in [3.63, 3.8) is 0 Å². The van der Waals surface area contributed by atoms with Crippen LogP contribution in [-0.2, 0) is 21.2 Å². The van der Waals surface area contributed by atoms with Crippen molar-refractivity contribution >= 4 is 33.5 Å². The number of benzene rings is 2. The van der Waals surface area contributed by atoms with Gasteiger partial charge in [-0.2, -0.15) is 11.8 Å². The van der Waals surface area contributed by atoms with Crippen LogP contribution in [0.15, 0.2) is 64.5 Å². The van der Waals surface area contributed by atoms with E-state index in [1.165, 1.54) is 6.07 Å². The van der Waals surface area contributed by atoms with Crippen molar-refractivity contribution in [2.75, 3.05) is 18.6 Å². The molecule has 2 N–H and O–H groups in total. The number of nitrogens with zero attached hydrogens (tertiary/aromatic N) is 1. The zero-order valence-electron chi connectivity index (χ0n) is 15.6. The van der Waals surface area contributed by atoms with Gasteiger partial charge in [-0.15, -0.1) is 0 Å². The minimum absolute atomic E-state index is 0.193. The number of thioether (sulfide) groups is 1. The molecule has 1 heterocycles. The van der Waals surface area contributed by atoms with Crippen LogP contribution in [0.4, 0.5) is 0 Å². The topological polar surface area (TPSA) is 87.6 Å². The number of amides is 1. The van der Waals surface area contributed by atoms with Crippen LogP contribution in [0, 0.1) is 0 Å². The second-order valence-electron chi connectivity index (χ2n) is 6.40. The first-order chi connectivity index (χ1) is 13.5. The molecule has 0 saturated heterocycles. The third-order valence-corrected chi connectivity index (χ3v) is 6.44. The summed E-state index contributed by atoms with van der Waals surface area (Å²) in [6.45, 7) is 0.506. The second kappa shape index (κ2) is 9.25. The summed E-state index contributed by atoms with van der Waals surface area (Å²) in [5.74, 6) is 0.795.